The van der Waals surface area contributed by atoms with Gasteiger partial charge in [-0.2, -0.15) is 15.3 Å². The molecular weight excluding hydrogens is 1490 g/mol. The molecule has 48 heteroatoms. The molecule has 0 spiro atoms. The SMILES string of the molecule is C#CC(F)C(F)C(F)C(F)C(F)C(F)C(F)C(F)C(F)C(F)C#C.CN=CC(=NN)C(F)C(F)C(F)C(F)C(F)C(F)C(F)C(F)C(F)C(F)C(C=Nn1cc(C(F)C(F)C(F)C(F)C(F)C(F)C(F)C(F)C(F)C(C)F)nn1)=NN.[Cu][Br].[N-]=[N+]=NCCOCCN=[N+]=[N-]. The zero-order chi connectivity index (χ0) is 73.8. The van der Waals surface area contributed by atoms with Crippen LogP contribution in [0, 0.1) is 24.7 Å². The number of alkyl halides is 30. The summed E-state index contributed by atoms with van der Waals surface area (Å²) >= 11 is 6.50. The first-order chi connectivity index (χ1) is 43.8. The van der Waals surface area contributed by atoms with Gasteiger partial charge in [0.25, 0.3) is 0 Å². The van der Waals surface area contributed by atoms with Crippen molar-refractivity contribution >= 4 is 38.0 Å². The van der Waals surface area contributed by atoms with E-state index in [4.69, 9.17) is 27.5 Å². The molecule has 0 radical (unpaired) electrons. The number of aromatic nitrogens is 3. The minimum absolute atomic E-state index is 0.0354. The maximum Gasteiger partial charge on any atom is 0.0522 e. The van der Waals surface area contributed by atoms with Gasteiger partial charge in [-0.05, 0) is 23.2 Å². The molecule has 0 aliphatic rings. The molecule has 30 atom stereocenters. The second kappa shape index (κ2) is 47.8. The van der Waals surface area contributed by atoms with Gasteiger partial charge in [0.1, 0.15) is 23.3 Å². The van der Waals surface area contributed by atoms with Crippen LogP contribution in [-0.2, 0) is 18.9 Å². The Hall–Kier alpha value is -5.98. The van der Waals surface area contributed by atoms with Crippen LogP contribution in [0.1, 0.15) is 18.8 Å². The smallest absolute Gasteiger partial charge is 0.0522 e. The summed E-state index contributed by atoms with van der Waals surface area (Å²) in [4.78, 5) is 8.19. The molecule has 546 valence electrons. The van der Waals surface area contributed by atoms with E-state index in [1.54, 1.807) is 0 Å². The van der Waals surface area contributed by atoms with E-state index in [1.165, 1.54) is 0 Å². The van der Waals surface area contributed by atoms with Crippen LogP contribution in [0.5, 0.6) is 0 Å². The molecule has 0 aliphatic heterocycles. The van der Waals surface area contributed by atoms with Crippen molar-refractivity contribution in [2.45, 2.75) is 192 Å². The number of terminal acetylenes is 2. The summed E-state index contributed by atoms with van der Waals surface area (Å²) in [5.74, 6) is 11.6. The van der Waals surface area contributed by atoms with Gasteiger partial charge in [0.15, 0.2) is 179 Å². The van der Waals surface area contributed by atoms with Gasteiger partial charge in [0.2, 0.25) is 0 Å². The minimum atomic E-state index is -4.20. The first kappa shape index (κ1) is 92.2. The summed E-state index contributed by atoms with van der Waals surface area (Å²) in [7, 11) is 0.981. The molecule has 0 aliphatic carbocycles. The molecule has 4 N–H and O–H groups in total. The number of rotatable bonds is 39. The second-order valence-electron chi connectivity index (χ2n) is 18.0. The first-order valence-electron chi connectivity index (χ1n) is 25.1. The Morgan fingerprint density at radius 1 is 0.500 bits per heavy atom. The summed E-state index contributed by atoms with van der Waals surface area (Å²) in [5, 5.41) is 20.6. The third-order valence-electron chi connectivity index (χ3n) is 11.6. The van der Waals surface area contributed by atoms with E-state index in [0.29, 0.717) is 39.4 Å². The largest absolute Gasteiger partial charge is 0.381 e. The Morgan fingerprint density at radius 3 is 1.05 bits per heavy atom. The van der Waals surface area contributed by atoms with Gasteiger partial charge >= 0.3 is 28.3 Å². The van der Waals surface area contributed by atoms with Gasteiger partial charge in [-0.25, -0.2) is 132 Å². The van der Waals surface area contributed by atoms with E-state index in [1.807, 2.05) is 0 Å². The van der Waals surface area contributed by atoms with Crippen molar-refractivity contribution in [3.63, 3.8) is 0 Å². The van der Waals surface area contributed by atoms with Gasteiger partial charge in [0.05, 0.1) is 25.6 Å². The molecule has 0 aromatic carbocycles. The van der Waals surface area contributed by atoms with Crippen LogP contribution in [0.15, 0.2) is 36.7 Å². The second-order valence-corrected chi connectivity index (χ2v) is 18.0. The van der Waals surface area contributed by atoms with Crippen LogP contribution >= 0.6 is 14.1 Å². The summed E-state index contributed by atoms with van der Waals surface area (Å²) in [6.07, 6.45) is -103. The summed E-state index contributed by atoms with van der Waals surface area (Å²) in [6, 6.07) is 0. The standard InChI is InChI=1S/C28H33F20N9.C14H12F10.C4H8N6O.BrH.Cu/c1-6(29)10(30)14(34)18(38)22(42)26(46)25(45)21(41)17(37)13(33)9-5-57(56-55-9)52-4-8(54-50)12(32)16(36)20(40)24(44)28(48)27(47)23(43)19(39)15(35)11(31)7(53-49)3-51-2;1-3-5(15)7(17)9(19)11(21)13(23)14(24)12(22)10(20)8(18)6(16)4-2;5-9-7-1-3-11-4-2-8-10-6;;/h3-6,10-28H,49-50H2,1-2H3;1-2,5-14H;1-4H2;1H;/q;;;;+1/p-1. The molecule has 1 rings (SSSR count). The van der Waals surface area contributed by atoms with Crippen molar-refractivity contribution in [2.75, 3.05) is 33.4 Å². The monoisotopic (exact) mass is 1540 g/mol. The van der Waals surface area contributed by atoms with Crippen LogP contribution < -0.4 is 11.7 Å². The van der Waals surface area contributed by atoms with Crippen LogP contribution in [0.3, 0.4) is 0 Å². The molecule has 30 unspecified atom stereocenters. The molecule has 1 heterocycles. The molecule has 0 bridgehead atoms. The number of aliphatic imine (C=N–C) groups is 1. The Kier molecular flexibility index (Phi) is 46.9. The number of azide groups is 2. The number of hydrogen-bond donors (Lipinski definition) is 2. The average Bonchev–Trinajstić information content (AvgIpc) is 1.15. The quantitative estimate of drug-likeness (QED) is 0.00623. The zero-order valence-electron chi connectivity index (χ0n) is 46.9. The number of ether oxygens (including phenoxy) is 1. The van der Waals surface area contributed by atoms with Crippen molar-refractivity contribution in [1.29, 1.82) is 0 Å². The predicted octanol–water partition coefficient (Wildman–Crippen LogP) is 12.0. The Labute approximate surface area is 527 Å². The third kappa shape index (κ3) is 28.8. The fourth-order valence-corrected chi connectivity index (χ4v) is 6.35. The van der Waals surface area contributed by atoms with Gasteiger partial charge in [-0.15, -0.1) is 22.7 Å². The maximum absolute atomic E-state index is 14.7. The van der Waals surface area contributed by atoms with E-state index >= 15 is 0 Å². The average molecular weight is 1550 g/mol. The van der Waals surface area contributed by atoms with E-state index in [9.17, 15) is 132 Å². The maximum atomic E-state index is 14.7. The number of nitrogens with two attached hydrogens (primary N) is 2. The number of halogens is 31. The summed E-state index contributed by atoms with van der Waals surface area (Å²) in [5.41, 5.74) is 11.6. The molecule has 0 amide bonds. The summed E-state index contributed by atoms with van der Waals surface area (Å²) in [6.45, 7) is 1.71. The molecule has 0 fully saturated rings. The molecule has 16 nitrogen and oxygen atoms in total. The molecular formula is C46H53BrCuF30N15O. The molecule has 1 aromatic heterocycles. The molecule has 0 saturated carbocycles. The fourth-order valence-electron chi connectivity index (χ4n) is 6.35. The van der Waals surface area contributed by atoms with Gasteiger partial charge in [0, 0.05) is 36.2 Å². The van der Waals surface area contributed by atoms with Crippen molar-refractivity contribution < 1.29 is 151 Å². The number of hydrazone groups is 2. The van der Waals surface area contributed by atoms with Crippen LogP contribution in [0.4, 0.5) is 132 Å². The number of hydrogen-bond acceptors (Lipinski definition) is 11. The predicted molar refractivity (Wildman–Crippen MR) is 279 cm³/mol. The normalized spacial score (nSPS) is 21.8. The van der Waals surface area contributed by atoms with Gasteiger partial charge in [-0.3, -0.25) is 4.99 Å². The fraction of sp³-hybridized carbons (Fsp3) is 0.783. The van der Waals surface area contributed by atoms with Crippen LogP contribution in [-0.4, -0.2) is 251 Å². The minimum Gasteiger partial charge on any atom is -0.381 e. The van der Waals surface area contributed by atoms with Crippen molar-refractivity contribution in [3.05, 3.63) is 32.8 Å². The molecule has 1 aromatic rings. The van der Waals surface area contributed by atoms with Gasteiger partial charge < -0.3 is 16.4 Å². The Morgan fingerprint density at radius 2 is 0.777 bits per heavy atom. The van der Waals surface area contributed by atoms with Crippen molar-refractivity contribution in [3.8, 4) is 24.7 Å². The van der Waals surface area contributed by atoms with E-state index in [0.717, 1.165) is 18.9 Å². The Balaban J connectivity index is -0.00000182. The van der Waals surface area contributed by atoms with E-state index in [-0.39, 0.29) is 17.2 Å². The van der Waals surface area contributed by atoms with Crippen molar-refractivity contribution in [1.82, 2.24) is 15.1 Å². The molecule has 94 heavy (non-hydrogen) atoms. The van der Waals surface area contributed by atoms with Crippen LogP contribution in [0.2, 0.25) is 0 Å². The van der Waals surface area contributed by atoms with E-state index < -0.39 is 202 Å². The van der Waals surface area contributed by atoms with Crippen LogP contribution in [0.25, 0.3) is 20.9 Å². The third-order valence-corrected chi connectivity index (χ3v) is 11.6. The first-order valence-corrected chi connectivity index (χ1v) is 27.5. The Bertz CT molecular complexity index is 2510. The molecule has 0 saturated heterocycles. The van der Waals surface area contributed by atoms with E-state index in [2.05, 4.69) is 91.8 Å². The number of nitrogens with zero attached hydrogens (tertiary/aromatic N) is 13. The topological polar surface area (TPSA) is 239 Å². The zero-order valence-corrected chi connectivity index (χ0v) is 49.5. The van der Waals surface area contributed by atoms with Crippen molar-refractivity contribution in [2.24, 2.45) is 42.2 Å². The van der Waals surface area contributed by atoms with Gasteiger partial charge in [-0.1, -0.05) is 22.1 Å². The summed E-state index contributed by atoms with van der Waals surface area (Å²) < 4.78 is 417.